The summed E-state index contributed by atoms with van der Waals surface area (Å²) in [6, 6.07) is 7.56. The summed E-state index contributed by atoms with van der Waals surface area (Å²) in [5.74, 6) is 0.472. The molecule has 2 amide bonds. The van der Waals surface area contributed by atoms with Crippen molar-refractivity contribution >= 4 is 11.8 Å². The fourth-order valence-electron chi connectivity index (χ4n) is 3.04. The van der Waals surface area contributed by atoms with Crippen LogP contribution in [0, 0.1) is 5.92 Å². The molecule has 7 nitrogen and oxygen atoms in total. The van der Waals surface area contributed by atoms with Crippen molar-refractivity contribution in [1.82, 2.24) is 10.2 Å². The van der Waals surface area contributed by atoms with Crippen LogP contribution in [0.25, 0.3) is 0 Å². The zero-order chi connectivity index (χ0) is 18.9. The average molecular weight is 363 g/mol. The topological polar surface area (TPSA) is 93.9 Å². The molecule has 0 saturated carbocycles. The van der Waals surface area contributed by atoms with Crippen LogP contribution in [0.5, 0.6) is 5.75 Å². The summed E-state index contributed by atoms with van der Waals surface area (Å²) < 4.78 is 10.9. The Morgan fingerprint density at radius 2 is 2.23 bits per heavy atom. The lowest BCUT2D eigenvalue weighted by Crippen LogP contribution is -2.48. The number of carbonyl (C=O) groups excluding carboxylic acids is 2. The Morgan fingerprint density at radius 3 is 2.96 bits per heavy atom. The van der Waals surface area contributed by atoms with E-state index < -0.39 is 6.10 Å². The van der Waals surface area contributed by atoms with E-state index in [0.29, 0.717) is 32.8 Å². The second-order valence-corrected chi connectivity index (χ2v) is 6.51. The van der Waals surface area contributed by atoms with E-state index in [9.17, 15) is 9.59 Å². The lowest BCUT2D eigenvalue weighted by Gasteiger charge is -2.33. The first kappa shape index (κ1) is 20.2. The van der Waals surface area contributed by atoms with Gasteiger partial charge in [-0.3, -0.25) is 9.59 Å². The van der Waals surface area contributed by atoms with Crippen LogP contribution in [0.2, 0.25) is 0 Å². The number of nitrogens with one attached hydrogen (secondary N) is 1. The highest BCUT2D eigenvalue weighted by Gasteiger charge is 2.30. The molecule has 3 N–H and O–H groups in total. The van der Waals surface area contributed by atoms with E-state index in [1.807, 2.05) is 24.3 Å². The third-order valence-electron chi connectivity index (χ3n) is 4.53. The summed E-state index contributed by atoms with van der Waals surface area (Å²) >= 11 is 0. The van der Waals surface area contributed by atoms with Crippen molar-refractivity contribution in [2.45, 2.75) is 32.5 Å². The number of rotatable bonds is 8. The fourth-order valence-corrected chi connectivity index (χ4v) is 3.04. The normalized spacial score (nSPS) is 18.3. The third kappa shape index (κ3) is 5.71. The van der Waals surface area contributed by atoms with Gasteiger partial charge in [-0.15, -0.1) is 0 Å². The Morgan fingerprint density at radius 1 is 1.42 bits per heavy atom. The van der Waals surface area contributed by atoms with Crippen molar-refractivity contribution in [3.63, 3.8) is 0 Å². The number of amides is 2. The number of hydrogen-bond acceptors (Lipinski definition) is 5. The van der Waals surface area contributed by atoms with E-state index in [1.54, 1.807) is 18.9 Å². The molecule has 1 aliphatic rings. The summed E-state index contributed by atoms with van der Waals surface area (Å²) in [7, 11) is 1.61. The maximum atomic E-state index is 12.6. The Labute approximate surface area is 154 Å². The van der Waals surface area contributed by atoms with Crippen LogP contribution in [-0.4, -0.2) is 56.1 Å². The molecule has 2 unspecified atom stereocenters. The predicted molar refractivity (Wildman–Crippen MR) is 98.6 cm³/mol. The van der Waals surface area contributed by atoms with Gasteiger partial charge in [0.05, 0.1) is 19.6 Å². The van der Waals surface area contributed by atoms with Crippen molar-refractivity contribution in [2.75, 3.05) is 33.3 Å². The second-order valence-electron chi connectivity index (χ2n) is 6.51. The van der Waals surface area contributed by atoms with Crippen LogP contribution in [0.4, 0.5) is 0 Å². The predicted octanol–water partition coefficient (Wildman–Crippen LogP) is 0.914. The lowest BCUT2D eigenvalue weighted by atomic mass is 9.96. The molecule has 1 fully saturated rings. The van der Waals surface area contributed by atoms with Crippen LogP contribution in [-0.2, 0) is 20.9 Å². The number of ether oxygens (including phenoxy) is 2. The Balaban J connectivity index is 1.85. The van der Waals surface area contributed by atoms with E-state index in [0.717, 1.165) is 24.2 Å². The number of benzene rings is 1. The van der Waals surface area contributed by atoms with E-state index in [1.165, 1.54) is 0 Å². The van der Waals surface area contributed by atoms with Crippen molar-refractivity contribution in [2.24, 2.45) is 11.7 Å². The minimum atomic E-state index is -0.563. The van der Waals surface area contributed by atoms with E-state index in [-0.39, 0.29) is 17.7 Å². The van der Waals surface area contributed by atoms with Crippen LogP contribution in [0.1, 0.15) is 25.3 Å². The zero-order valence-electron chi connectivity index (χ0n) is 15.6. The smallest absolute Gasteiger partial charge is 0.251 e. The third-order valence-corrected chi connectivity index (χ3v) is 4.53. The van der Waals surface area contributed by atoms with Crippen LogP contribution < -0.4 is 15.8 Å². The van der Waals surface area contributed by atoms with Gasteiger partial charge in [0.1, 0.15) is 11.9 Å². The van der Waals surface area contributed by atoms with Gasteiger partial charge in [-0.1, -0.05) is 12.1 Å². The molecule has 144 valence electrons. The molecule has 1 aliphatic heterocycles. The number of nitrogens with two attached hydrogens (primary N) is 1. The maximum absolute atomic E-state index is 12.6. The molecule has 0 radical (unpaired) electrons. The van der Waals surface area contributed by atoms with Gasteiger partial charge < -0.3 is 25.4 Å². The molecule has 1 saturated heterocycles. The Hall–Kier alpha value is -2.12. The summed E-state index contributed by atoms with van der Waals surface area (Å²) in [5, 5.41) is 2.80. The van der Waals surface area contributed by atoms with Crippen molar-refractivity contribution in [3.05, 3.63) is 29.8 Å². The second kappa shape index (κ2) is 10.1. The van der Waals surface area contributed by atoms with Crippen molar-refractivity contribution in [3.8, 4) is 5.75 Å². The van der Waals surface area contributed by atoms with Gasteiger partial charge in [0.2, 0.25) is 5.91 Å². The maximum Gasteiger partial charge on any atom is 0.251 e. The molecule has 1 aromatic carbocycles. The molecular formula is C19H29N3O4. The van der Waals surface area contributed by atoms with E-state index >= 15 is 0 Å². The molecule has 0 aromatic heterocycles. The molecule has 1 heterocycles. The molecular weight excluding hydrogens is 334 g/mol. The van der Waals surface area contributed by atoms with Crippen molar-refractivity contribution in [1.29, 1.82) is 0 Å². The van der Waals surface area contributed by atoms with E-state index in [2.05, 4.69) is 5.32 Å². The first-order chi connectivity index (χ1) is 12.5. The van der Waals surface area contributed by atoms with Gasteiger partial charge in [0, 0.05) is 26.2 Å². The van der Waals surface area contributed by atoms with Crippen LogP contribution in [0.15, 0.2) is 24.3 Å². The number of carbonyl (C=O) groups is 2. The first-order valence-electron chi connectivity index (χ1n) is 9.06. The zero-order valence-corrected chi connectivity index (χ0v) is 15.6. The van der Waals surface area contributed by atoms with Gasteiger partial charge in [-0.2, -0.15) is 0 Å². The van der Waals surface area contributed by atoms with Gasteiger partial charge >= 0.3 is 0 Å². The Kier molecular flexibility index (Phi) is 7.87. The summed E-state index contributed by atoms with van der Waals surface area (Å²) in [4.78, 5) is 26.5. The van der Waals surface area contributed by atoms with Crippen molar-refractivity contribution < 1.29 is 19.1 Å². The lowest BCUT2D eigenvalue weighted by molar-refractivity contribution is -0.146. The highest BCUT2D eigenvalue weighted by Crippen LogP contribution is 2.19. The molecule has 2 rings (SSSR count). The molecule has 2 atom stereocenters. The van der Waals surface area contributed by atoms with Crippen LogP contribution in [0.3, 0.4) is 0 Å². The highest BCUT2D eigenvalue weighted by atomic mass is 16.5. The monoisotopic (exact) mass is 363 g/mol. The largest absolute Gasteiger partial charge is 0.497 e. The minimum Gasteiger partial charge on any atom is -0.497 e. The summed E-state index contributed by atoms with van der Waals surface area (Å²) in [6.07, 6.45) is 1.04. The number of likely N-dealkylation sites (tertiary alicyclic amines) is 1. The molecule has 0 spiro atoms. The standard InChI is InChI=1S/C19H29N3O4/c1-14(26-13-15-5-3-7-17(11-15)25-2)19(24)22-10-4-6-16(12-22)18(23)21-9-8-20/h3,5,7,11,14,16H,4,6,8-10,12-13,20H2,1-2H3,(H,21,23). The Bertz CT molecular complexity index is 608. The highest BCUT2D eigenvalue weighted by molar-refractivity contribution is 5.83. The number of nitrogens with zero attached hydrogens (tertiary/aromatic N) is 1. The summed E-state index contributed by atoms with van der Waals surface area (Å²) in [6.45, 7) is 4.05. The molecule has 26 heavy (non-hydrogen) atoms. The minimum absolute atomic E-state index is 0.0297. The van der Waals surface area contributed by atoms with Gasteiger partial charge in [-0.05, 0) is 37.5 Å². The first-order valence-corrected chi connectivity index (χ1v) is 9.06. The van der Waals surface area contributed by atoms with Gasteiger partial charge in [-0.25, -0.2) is 0 Å². The molecule has 0 aliphatic carbocycles. The summed E-state index contributed by atoms with van der Waals surface area (Å²) in [5.41, 5.74) is 6.36. The van der Waals surface area contributed by atoms with E-state index in [4.69, 9.17) is 15.2 Å². The molecule has 0 bridgehead atoms. The average Bonchev–Trinajstić information content (AvgIpc) is 2.69. The van der Waals surface area contributed by atoms with Gasteiger partial charge in [0.15, 0.2) is 0 Å². The quantitative estimate of drug-likeness (QED) is 0.716. The molecule has 7 heteroatoms. The number of methoxy groups -OCH3 is 1. The fraction of sp³-hybridized carbons (Fsp3) is 0.579. The molecule has 1 aromatic rings. The number of piperidine rings is 1. The van der Waals surface area contributed by atoms with Crippen LogP contribution >= 0.6 is 0 Å². The number of hydrogen-bond donors (Lipinski definition) is 2. The SMILES string of the molecule is COc1cccc(COC(C)C(=O)N2CCCC(C(=O)NCCN)C2)c1. The van der Waals surface area contributed by atoms with Gasteiger partial charge in [0.25, 0.3) is 5.91 Å².